The summed E-state index contributed by atoms with van der Waals surface area (Å²) in [5.74, 6) is -0.451. The van der Waals surface area contributed by atoms with Crippen LogP contribution in [-0.4, -0.2) is 17.0 Å². The number of halogens is 2. The number of nitrogens with one attached hydrogen (secondary N) is 1. The van der Waals surface area contributed by atoms with Gasteiger partial charge < -0.3 is 5.32 Å². The second-order valence-electron chi connectivity index (χ2n) is 4.74. The van der Waals surface area contributed by atoms with Gasteiger partial charge in [0, 0.05) is 18.5 Å². The van der Waals surface area contributed by atoms with Crippen LogP contribution >= 0.6 is 0 Å². The largest absolute Gasteiger partial charge is 0.373 e. The monoisotopic (exact) mass is 285 g/mol. The molecule has 0 saturated heterocycles. The summed E-state index contributed by atoms with van der Waals surface area (Å²) in [6.07, 6.45) is 0. The van der Waals surface area contributed by atoms with Crippen LogP contribution in [0.2, 0.25) is 0 Å². The molecule has 106 valence electrons. The molecule has 0 unspecified atom stereocenters. The maximum absolute atomic E-state index is 13.9. The zero-order valence-corrected chi connectivity index (χ0v) is 11.6. The number of nitrogens with zero attached hydrogens (tertiary/aromatic N) is 2. The molecule has 0 aliphatic rings. The summed E-state index contributed by atoms with van der Waals surface area (Å²) in [4.78, 5) is 8.77. The van der Waals surface area contributed by atoms with Gasteiger partial charge in [-0.15, -0.1) is 0 Å². The maximum Gasteiger partial charge on any atom is 0.165 e. The molecule has 21 heavy (non-hydrogen) atoms. The van der Waals surface area contributed by atoms with E-state index in [2.05, 4.69) is 15.3 Å². The van der Waals surface area contributed by atoms with Crippen LogP contribution in [0.3, 0.4) is 0 Å². The summed E-state index contributed by atoms with van der Waals surface area (Å²) >= 11 is 0. The Bertz CT molecular complexity index is 831. The van der Waals surface area contributed by atoms with Crippen molar-refractivity contribution in [2.24, 2.45) is 0 Å². The summed E-state index contributed by atoms with van der Waals surface area (Å²) in [6.45, 7) is 1.93. The molecule has 0 aliphatic carbocycles. The van der Waals surface area contributed by atoms with Crippen LogP contribution < -0.4 is 5.32 Å². The molecule has 0 spiro atoms. The van der Waals surface area contributed by atoms with Gasteiger partial charge in [-0.05, 0) is 30.7 Å². The van der Waals surface area contributed by atoms with Gasteiger partial charge in [-0.25, -0.2) is 18.7 Å². The third-order valence-electron chi connectivity index (χ3n) is 3.34. The van der Waals surface area contributed by atoms with Crippen molar-refractivity contribution in [3.05, 3.63) is 53.6 Å². The Labute approximate surface area is 120 Å². The normalized spacial score (nSPS) is 10.9. The van der Waals surface area contributed by atoms with Gasteiger partial charge in [-0.2, -0.15) is 0 Å². The fourth-order valence-electron chi connectivity index (χ4n) is 2.28. The molecule has 1 N–H and O–H groups in total. The zero-order chi connectivity index (χ0) is 15.0. The minimum atomic E-state index is -0.676. The van der Waals surface area contributed by atoms with E-state index in [1.807, 2.05) is 25.1 Å². The number of anilines is 1. The lowest BCUT2D eigenvalue weighted by atomic mass is 10.1. The minimum absolute atomic E-state index is 0.179. The molecule has 1 heterocycles. The standard InChI is InChI=1S/C16H13F2N3/c1-9-4-3-5-12-14(9)20-16(21-15(12)19-2)11-7-6-10(17)8-13(11)18/h3-8H,1-2H3,(H,19,20,21). The van der Waals surface area contributed by atoms with Crippen molar-refractivity contribution < 1.29 is 8.78 Å². The van der Waals surface area contributed by atoms with Crippen molar-refractivity contribution in [1.29, 1.82) is 0 Å². The molecule has 0 bridgehead atoms. The van der Waals surface area contributed by atoms with E-state index in [0.29, 0.717) is 5.82 Å². The summed E-state index contributed by atoms with van der Waals surface area (Å²) in [5.41, 5.74) is 1.89. The second kappa shape index (κ2) is 5.09. The lowest BCUT2D eigenvalue weighted by molar-refractivity contribution is 0.585. The molecule has 3 nitrogen and oxygen atoms in total. The predicted molar refractivity (Wildman–Crippen MR) is 79.2 cm³/mol. The Balaban J connectivity index is 2.31. The molecule has 0 amide bonds. The van der Waals surface area contributed by atoms with E-state index in [-0.39, 0.29) is 11.4 Å². The van der Waals surface area contributed by atoms with Crippen LogP contribution in [0.1, 0.15) is 5.56 Å². The summed E-state index contributed by atoms with van der Waals surface area (Å²) in [5, 5.41) is 3.86. The molecule has 0 fully saturated rings. The van der Waals surface area contributed by atoms with Gasteiger partial charge in [-0.1, -0.05) is 12.1 Å². The summed E-state index contributed by atoms with van der Waals surface area (Å²) < 4.78 is 27.0. The van der Waals surface area contributed by atoms with Crippen LogP contribution in [-0.2, 0) is 0 Å². The summed E-state index contributed by atoms with van der Waals surface area (Å²) in [7, 11) is 1.74. The topological polar surface area (TPSA) is 37.8 Å². The zero-order valence-electron chi connectivity index (χ0n) is 11.6. The first-order valence-electron chi connectivity index (χ1n) is 6.50. The Hall–Kier alpha value is -2.56. The van der Waals surface area contributed by atoms with Crippen molar-refractivity contribution >= 4 is 16.7 Å². The van der Waals surface area contributed by atoms with E-state index < -0.39 is 11.6 Å². The molecule has 0 saturated carbocycles. The maximum atomic E-state index is 13.9. The molecule has 3 aromatic rings. The van der Waals surface area contributed by atoms with Gasteiger partial charge in [-0.3, -0.25) is 0 Å². The highest BCUT2D eigenvalue weighted by atomic mass is 19.1. The smallest absolute Gasteiger partial charge is 0.165 e. The van der Waals surface area contributed by atoms with Crippen molar-refractivity contribution in [3.63, 3.8) is 0 Å². The van der Waals surface area contributed by atoms with Crippen LogP contribution in [0.5, 0.6) is 0 Å². The molecule has 5 heteroatoms. The lowest BCUT2D eigenvalue weighted by Crippen LogP contribution is -2.01. The van der Waals surface area contributed by atoms with Crippen molar-refractivity contribution in [1.82, 2.24) is 9.97 Å². The van der Waals surface area contributed by atoms with Crippen LogP contribution in [0, 0.1) is 18.6 Å². The van der Waals surface area contributed by atoms with E-state index >= 15 is 0 Å². The Morgan fingerprint density at radius 3 is 2.57 bits per heavy atom. The number of benzene rings is 2. The average Bonchev–Trinajstić information content (AvgIpc) is 2.47. The lowest BCUT2D eigenvalue weighted by Gasteiger charge is -2.10. The Morgan fingerprint density at radius 1 is 1.05 bits per heavy atom. The first-order chi connectivity index (χ1) is 10.1. The van der Waals surface area contributed by atoms with Crippen LogP contribution in [0.15, 0.2) is 36.4 Å². The molecular formula is C16H13F2N3. The van der Waals surface area contributed by atoms with Gasteiger partial charge in [0.1, 0.15) is 17.5 Å². The van der Waals surface area contributed by atoms with Gasteiger partial charge in [0.25, 0.3) is 0 Å². The first kappa shape index (κ1) is 13.4. The number of para-hydroxylation sites is 1. The highest BCUT2D eigenvalue weighted by molar-refractivity contribution is 5.92. The summed E-state index contributed by atoms with van der Waals surface area (Å²) in [6, 6.07) is 9.13. The number of aromatic nitrogens is 2. The fourth-order valence-corrected chi connectivity index (χ4v) is 2.28. The molecule has 0 aliphatic heterocycles. The molecule has 3 rings (SSSR count). The van der Waals surface area contributed by atoms with Gasteiger partial charge in [0.2, 0.25) is 0 Å². The predicted octanol–water partition coefficient (Wildman–Crippen LogP) is 3.93. The van der Waals surface area contributed by atoms with Crippen molar-refractivity contribution in [2.45, 2.75) is 6.92 Å². The van der Waals surface area contributed by atoms with E-state index in [4.69, 9.17) is 0 Å². The van der Waals surface area contributed by atoms with Crippen molar-refractivity contribution in [3.8, 4) is 11.4 Å². The molecule has 1 aromatic heterocycles. The Morgan fingerprint density at radius 2 is 1.86 bits per heavy atom. The van der Waals surface area contributed by atoms with Crippen LogP contribution in [0.25, 0.3) is 22.3 Å². The van der Waals surface area contributed by atoms with E-state index in [0.717, 1.165) is 22.5 Å². The fraction of sp³-hybridized carbons (Fsp3) is 0.125. The number of hydrogen-bond donors (Lipinski definition) is 1. The van der Waals surface area contributed by atoms with Crippen molar-refractivity contribution in [2.75, 3.05) is 12.4 Å². The number of rotatable bonds is 2. The van der Waals surface area contributed by atoms with Gasteiger partial charge >= 0.3 is 0 Å². The Kier molecular flexibility index (Phi) is 3.25. The molecular weight excluding hydrogens is 272 g/mol. The third kappa shape index (κ3) is 2.31. The third-order valence-corrected chi connectivity index (χ3v) is 3.34. The van der Waals surface area contributed by atoms with E-state index in [9.17, 15) is 8.78 Å². The van der Waals surface area contributed by atoms with E-state index in [1.54, 1.807) is 7.05 Å². The number of fused-ring (bicyclic) bond motifs is 1. The average molecular weight is 285 g/mol. The quantitative estimate of drug-likeness (QED) is 0.775. The minimum Gasteiger partial charge on any atom is -0.373 e. The number of aryl methyl sites for hydroxylation is 1. The molecule has 2 aromatic carbocycles. The van der Waals surface area contributed by atoms with E-state index in [1.165, 1.54) is 12.1 Å². The SMILES string of the molecule is CNc1nc(-c2ccc(F)cc2F)nc2c(C)cccc12. The number of hydrogen-bond acceptors (Lipinski definition) is 3. The molecule has 0 radical (unpaired) electrons. The highest BCUT2D eigenvalue weighted by Crippen LogP contribution is 2.28. The highest BCUT2D eigenvalue weighted by Gasteiger charge is 2.13. The molecule has 0 atom stereocenters. The first-order valence-corrected chi connectivity index (χ1v) is 6.50. The van der Waals surface area contributed by atoms with Gasteiger partial charge in [0.15, 0.2) is 5.82 Å². The van der Waals surface area contributed by atoms with Crippen LogP contribution in [0.4, 0.5) is 14.6 Å². The van der Waals surface area contributed by atoms with Gasteiger partial charge in [0.05, 0.1) is 11.1 Å². The second-order valence-corrected chi connectivity index (χ2v) is 4.74.